The average Bonchev–Trinajstić information content (AvgIpc) is 2.29. The summed E-state index contributed by atoms with van der Waals surface area (Å²) < 4.78 is 5.12. The van der Waals surface area contributed by atoms with Crippen molar-refractivity contribution in [3.63, 3.8) is 0 Å². The lowest BCUT2D eigenvalue weighted by Crippen LogP contribution is -2.35. The molecule has 1 aromatic rings. The Kier molecular flexibility index (Phi) is 4.97. The van der Waals surface area contributed by atoms with E-state index in [0.717, 1.165) is 17.8 Å². The Balaban J connectivity index is 3.04. The molecule has 0 aliphatic rings. The lowest BCUT2D eigenvalue weighted by molar-refractivity contribution is 0.204. The summed E-state index contributed by atoms with van der Waals surface area (Å²) in [6, 6.07) is 8.07. The maximum Gasteiger partial charge on any atom is 0.124 e. The predicted molar refractivity (Wildman–Crippen MR) is 71.8 cm³/mol. The van der Waals surface area contributed by atoms with Crippen LogP contribution in [0.25, 0.3) is 0 Å². The quantitative estimate of drug-likeness (QED) is 0.584. The smallest absolute Gasteiger partial charge is 0.124 e. The van der Waals surface area contributed by atoms with E-state index in [0.29, 0.717) is 12.6 Å². The van der Waals surface area contributed by atoms with Crippen LogP contribution in [0.15, 0.2) is 24.3 Å². The molecule has 0 aromatic heterocycles. The van der Waals surface area contributed by atoms with E-state index in [9.17, 15) is 0 Å². The number of hydrogen-bond acceptors (Lipinski definition) is 3. The molecule has 0 unspecified atom stereocenters. The first-order chi connectivity index (χ1) is 8.07. The van der Waals surface area contributed by atoms with Crippen molar-refractivity contribution in [3.8, 4) is 0 Å². The number of rotatable bonds is 6. The van der Waals surface area contributed by atoms with Crippen molar-refractivity contribution in [1.82, 2.24) is 0 Å². The third kappa shape index (κ3) is 3.46. The van der Waals surface area contributed by atoms with E-state index < -0.39 is 0 Å². The van der Waals surface area contributed by atoms with Crippen LogP contribution in [0.2, 0.25) is 0 Å². The molecule has 0 fully saturated rings. The van der Waals surface area contributed by atoms with Gasteiger partial charge in [-0.25, -0.2) is 0 Å². The van der Waals surface area contributed by atoms with E-state index in [1.165, 1.54) is 0 Å². The Morgan fingerprint density at radius 1 is 1.41 bits per heavy atom. The van der Waals surface area contributed by atoms with Gasteiger partial charge in [0.05, 0.1) is 6.61 Å². The molecule has 0 spiro atoms. The zero-order valence-corrected chi connectivity index (χ0v) is 10.7. The molecule has 0 amide bonds. The van der Waals surface area contributed by atoms with E-state index in [-0.39, 0.29) is 5.84 Å². The summed E-state index contributed by atoms with van der Waals surface area (Å²) in [5.74, 6) is 0.101. The van der Waals surface area contributed by atoms with Crippen molar-refractivity contribution in [2.24, 2.45) is 5.73 Å². The molecule has 1 rings (SSSR count). The number of hydrogen-bond donors (Lipinski definition) is 2. The lowest BCUT2D eigenvalue weighted by Gasteiger charge is -2.30. The first kappa shape index (κ1) is 13.5. The zero-order chi connectivity index (χ0) is 12.8. The van der Waals surface area contributed by atoms with Gasteiger partial charge < -0.3 is 15.4 Å². The minimum atomic E-state index is 0.101. The monoisotopic (exact) mass is 235 g/mol. The molecule has 4 heteroatoms. The Bertz CT molecular complexity index is 377. The highest BCUT2D eigenvalue weighted by molar-refractivity contribution is 6.00. The van der Waals surface area contributed by atoms with Gasteiger partial charge in [0.1, 0.15) is 5.84 Å². The summed E-state index contributed by atoms with van der Waals surface area (Å²) in [6.45, 7) is 5.68. The Hall–Kier alpha value is -1.55. The van der Waals surface area contributed by atoms with Crippen molar-refractivity contribution in [1.29, 1.82) is 5.41 Å². The number of nitrogens with zero attached hydrogens (tertiary/aromatic N) is 1. The second-order valence-electron chi connectivity index (χ2n) is 4.21. The molecule has 0 saturated carbocycles. The third-order valence-electron chi connectivity index (χ3n) is 2.66. The van der Waals surface area contributed by atoms with E-state index in [2.05, 4.69) is 18.7 Å². The molecule has 3 N–H and O–H groups in total. The number of methoxy groups -OCH3 is 1. The van der Waals surface area contributed by atoms with Gasteiger partial charge in [-0.15, -0.1) is 0 Å². The van der Waals surface area contributed by atoms with Gasteiger partial charge in [-0.2, -0.15) is 0 Å². The third-order valence-corrected chi connectivity index (χ3v) is 2.66. The van der Waals surface area contributed by atoms with Gasteiger partial charge in [0.15, 0.2) is 0 Å². The molecule has 0 atom stereocenters. The zero-order valence-electron chi connectivity index (χ0n) is 10.7. The highest BCUT2D eigenvalue weighted by Gasteiger charge is 2.14. The van der Waals surface area contributed by atoms with Gasteiger partial charge in [-0.3, -0.25) is 5.41 Å². The van der Waals surface area contributed by atoms with E-state index in [4.69, 9.17) is 15.9 Å². The number of amidine groups is 1. The topological polar surface area (TPSA) is 62.3 Å². The number of nitrogens with one attached hydrogen (secondary N) is 1. The van der Waals surface area contributed by atoms with Gasteiger partial charge in [0.2, 0.25) is 0 Å². The average molecular weight is 235 g/mol. The van der Waals surface area contributed by atoms with Gasteiger partial charge in [0, 0.05) is 30.9 Å². The van der Waals surface area contributed by atoms with Crippen molar-refractivity contribution >= 4 is 11.5 Å². The normalized spacial score (nSPS) is 10.6. The molecule has 0 bridgehead atoms. The molecule has 0 radical (unpaired) electrons. The second kappa shape index (κ2) is 6.25. The lowest BCUT2D eigenvalue weighted by atomic mass is 10.1. The second-order valence-corrected chi connectivity index (χ2v) is 4.21. The Morgan fingerprint density at radius 3 is 2.59 bits per heavy atom. The van der Waals surface area contributed by atoms with Crippen molar-refractivity contribution in [2.75, 3.05) is 25.2 Å². The van der Waals surface area contributed by atoms with E-state index in [1.54, 1.807) is 7.11 Å². The van der Waals surface area contributed by atoms with Crippen LogP contribution in [0.4, 0.5) is 5.69 Å². The summed E-state index contributed by atoms with van der Waals surface area (Å²) in [4.78, 5) is 2.19. The van der Waals surface area contributed by atoms with Crippen molar-refractivity contribution in [2.45, 2.75) is 19.9 Å². The minimum Gasteiger partial charge on any atom is -0.384 e. The van der Waals surface area contributed by atoms with Crippen LogP contribution in [0.5, 0.6) is 0 Å². The first-order valence-corrected chi connectivity index (χ1v) is 5.77. The molecular formula is C13H21N3O. The largest absolute Gasteiger partial charge is 0.384 e. The fraction of sp³-hybridized carbons (Fsp3) is 0.462. The molecule has 1 aromatic carbocycles. The summed E-state index contributed by atoms with van der Waals surface area (Å²) in [5.41, 5.74) is 7.37. The molecule has 0 heterocycles. The molecule has 0 aliphatic carbocycles. The maximum absolute atomic E-state index is 7.61. The van der Waals surface area contributed by atoms with Crippen LogP contribution in [0.1, 0.15) is 19.4 Å². The molecule has 17 heavy (non-hydrogen) atoms. The number of nitrogen functional groups attached to an aromatic ring is 1. The van der Waals surface area contributed by atoms with Crippen LogP contribution in [0, 0.1) is 5.41 Å². The van der Waals surface area contributed by atoms with Crippen molar-refractivity contribution in [3.05, 3.63) is 29.8 Å². The summed E-state index contributed by atoms with van der Waals surface area (Å²) in [5, 5.41) is 7.61. The highest BCUT2D eigenvalue weighted by atomic mass is 16.5. The van der Waals surface area contributed by atoms with Crippen LogP contribution in [0.3, 0.4) is 0 Å². The predicted octanol–water partition coefficient (Wildman–Crippen LogP) is 1.83. The number of anilines is 1. The van der Waals surface area contributed by atoms with Crippen LogP contribution >= 0.6 is 0 Å². The number of nitrogens with two attached hydrogens (primary N) is 1. The van der Waals surface area contributed by atoms with E-state index in [1.807, 2.05) is 24.3 Å². The number of ether oxygens (including phenoxy) is 1. The van der Waals surface area contributed by atoms with Gasteiger partial charge in [-0.1, -0.05) is 12.1 Å². The molecule has 4 nitrogen and oxygen atoms in total. The SMILES string of the molecule is COCCN(c1ccccc1C(=N)N)C(C)C. The molecule has 94 valence electrons. The fourth-order valence-corrected chi connectivity index (χ4v) is 1.80. The van der Waals surface area contributed by atoms with Gasteiger partial charge in [-0.05, 0) is 26.0 Å². The Morgan fingerprint density at radius 2 is 2.06 bits per heavy atom. The molecular weight excluding hydrogens is 214 g/mol. The number of para-hydroxylation sites is 1. The Labute approximate surface area is 103 Å². The first-order valence-electron chi connectivity index (χ1n) is 5.77. The maximum atomic E-state index is 7.61. The van der Waals surface area contributed by atoms with Crippen molar-refractivity contribution < 1.29 is 4.74 Å². The van der Waals surface area contributed by atoms with Gasteiger partial charge >= 0.3 is 0 Å². The van der Waals surface area contributed by atoms with E-state index >= 15 is 0 Å². The van der Waals surface area contributed by atoms with Crippen LogP contribution in [-0.4, -0.2) is 32.1 Å². The number of benzene rings is 1. The minimum absolute atomic E-state index is 0.101. The van der Waals surface area contributed by atoms with Crippen LogP contribution in [-0.2, 0) is 4.74 Å². The molecule has 0 saturated heterocycles. The summed E-state index contributed by atoms with van der Waals surface area (Å²) >= 11 is 0. The summed E-state index contributed by atoms with van der Waals surface area (Å²) in [7, 11) is 1.69. The standard InChI is InChI=1S/C13H21N3O/c1-10(2)16(8-9-17-3)12-7-5-4-6-11(12)13(14)15/h4-7,10H,8-9H2,1-3H3,(H3,14,15). The fourth-order valence-electron chi connectivity index (χ4n) is 1.80. The molecule has 0 aliphatic heterocycles. The van der Waals surface area contributed by atoms with Gasteiger partial charge in [0.25, 0.3) is 0 Å². The summed E-state index contributed by atoms with van der Waals surface area (Å²) in [6.07, 6.45) is 0. The van der Waals surface area contributed by atoms with Crippen LogP contribution < -0.4 is 10.6 Å². The highest BCUT2D eigenvalue weighted by Crippen LogP contribution is 2.21.